The maximum atomic E-state index is 12.6. The fourth-order valence-corrected chi connectivity index (χ4v) is 2.44. The molecule has 0 fully saturated rings. The molecule has 0 radical (unpaired) electrons. The van der Waals surface area contributed by atoms with Gasteiger partial charge in [0, 0.05) is 23.7 Å². The van der Waals surface area contributed by atoms with E-state index in [1.54, 1.807) is 30.5 Å². The highest BCUT2D eigenvalue weighted by molar-refractivity contribution is 6.12. The second-order valence-corrected chi connectivity index (χ2v) is 5.25. The van der Waals surface area contributed by atoms with Crippen LogP contribution in [0.25, 0.3) is 10.9 Å². The number of H-pyrrole nitrogens is 1. The molecule has 1 aromatic heterocycles. The van der Waals surface area contributed by atoms with Crippen LogP contribution >= 0.6 is 0 Å². The van der Waals surface area contributed by atoms with Gasteiger partial charge in [-0.3, -0.25) is 14.7 Å². The Balaban J connectivity index is 1.91. The van der Waals surface area contributed by atoms with Gasteiger partial charge in [0.25, 0.3) is 5.91 Å². The lowest BCUT2D eigenvalue weighted by Gasteiger charge is -2.13. The molecule has 23 heavy (non-hydrogen) atoms. The van der Waals surface area contributed by atoms with Gasteiger partial charge >= 0.3 is 0 Å². The van der Waals surface area contributed by atoms with Crippen molar-refractivity contribution >= 4 is 34.1 Å². The Bertz CT molecular complexity index is 898. The number of rotatable bonds is 3. The van der Waals surface area contributed by atoms with Crippen molar-refractivity contribution in [3.63, 3.8) is 0 Å². The summed E-state index contributed by atoms with van der Waals surface area (Å²) < 4.78 is 0. The van der Waals surface area contributed by atoms with Crippen molar-refractivity contribution in [3.05, 3.63) is 53.7 Å². The van der Waals surface area contributed by atoms with E-state index >= 15 is 0 Å². The molecule has 0 atom stereocenters. The summed E-state index contributed by atoms with van der Waals surface area (Å²) >= 11 is 0. The summed E-state index contributed by atoms with van der Waals surface area (Å²) in [5, 5.41) is 13.3. The Morgan fingerprint density at radius 2 is 1.74 bits per heavy atom. The molecule has 6 heteroatoms. The number of anilines is 2. The van der Waals surface area contributed by atoms with Crippen molar-refractivity contribution in [2.45, 2.75) is 13.8 Å². The van der Waals surface area contributed by atoms with Gasteiger partial charge in [0.1, 0.15) is 0 Å². The minimum atomic E-state index is -0.233. The number of aromatic nitrogens is 2. The van der Waals surface area contributed by atoms with E-state index in [4.69, 9.17) is 0 Å². The quantitative estimate of drug-likeness (QED) is 0.695. The number of fused-ring (bicyclic) bond motifs is 1. The average molecular weight is 308 g/mol. The Morgan fingerprint density at radius 1 is 1.04 bits per heavy atom. The van der Waals surface area contributed by atoms with Crippen molar-refractivity contribution in [1.82, 2.24) is 10.2 Å². The summed E-state index contributed by atoms with van der Waals surface area (Å²) in [7, 11) is 0. The van der Waals surface area contributed by atoms with Crippen LogP contribution < -0.4 is 10.6 Å². The molecule has 3 rings (SSSR count). The Kier molecular flexibility index (Phi) is 3.80. The summed E-state index contributed by atoms with van der Waals surface area (Å²) in [6.07, 6.45) is 1.68. The van der Waals surface area contributed by atoms with Gasteiger partial charge in [-0.15, -0.1) is 0 Å². The summed E-state index contributed by atoms with van der Waals surface area (Å²) in [5.41, 5.74) is 3.34. The lowest BCUT2D eigenvalue weighted by molar-refractivity contribution is -0.114. The Labute approximate surface area is 132 Å². The zero-order chi connectivity index (χ0) is 16.4. The maximum Gasteiger partial charge on any atom is 0.257 e. The highest BCUT2D eigenvalue weighted by Gasteiger charge is 2.13. The molecular weight excluding hydrogens is 292 g/mol. The van der Waals surface area contributed by atoms with Crippen LogP contribution in [0, 0.1) is 6.92 Å². The van der Waals surface area contributed by atoms with Crippen molar-refractivity contribution in [3.8, 4) is 0 Å². The molecule has 6 nitrogen and oxygen atoms in total. The average Bonchev–Trinajstić information content (AvgIpc) is 2.99. The van der Waals surface area contributed by atoms with Gasteiger partial charge in [-0.25, -0.2) is 0 Å². The number of nitrogens with zero attached hydrogens (tertiary/aromatic N) is 1. The van der Waals surface area contributed by atoms with Crippen LogP contribution in [-0.4, -0.2) is 22.0 Å². The molecule has 116 valence electrons. The van der Waals surface area contributed by atoms with Gasteiger partial charge < -0.3 is 10.6 Å². The van der Waals surface area contributed by atoms with E-state index in [1.807, 2.05) is 19.1 Å². The van der Waals surface area contributed by atoms with Crippen LogP contribution in [0.2, 0.25) is 0 Å². The Morgan fingerprint density at radius 3 is 2.48 bits per heavy atom. The molecule has 1 heterocycles. The summed E-state index contributed by atoms with van der Waals surface area (Å²) in [5.74, 6) is -0.387. The first-order valence-electron chi connectivity index (χ1n) is 7.17. The molecule has 0 saturated heterocycles. The van der Waals surface area contributed by atoms with Crippen LogP contribution in [0.15, 0.2) is 42.6 Å². The third kappa shape index (κ3) is 2.91. The lowest BCUT2D eigenvalue weighted by Crippen LogP contribution is -2.14. The topological polar surface area (TPSA) is 86.9 Å². The Hall–Kier alpha value is -3.15. The second-order valence-electron chi connectivity index (χ2n) is 5.25. The van der Waals surface area contributed by atoms with Crippen LogP contribution in [0.4, 0.5) is 11.4 Å². The largest absolute Gasteiger partial charge is 0.326 e. The minimum Gasteiger partial charge on any atom is -0.326 e. The molecule has 3 N–H and O–H groups in total. The molecule has 0 spiro atoms. The van der Waals surface area contributed by atoms with Gasteiger partial charge in [-0.1, -0.05) is 18.2 Å². The van der Waals surface area contributed by atoms with Gasteiger partial charge in [0.05, 0.1) is 17.3 Å². The molecular formula is C17H16N4O2. The highest BCUT2D eigenvalue weighted by Crippen LogP contribution is 2.24. The minimum absolute atomic E-state index is 0.154. The van der Waals surface area contributed by atoms with Crippen molar-refractivity contribution in [1.29, 1.82) is 0 Å². The van der Waals surface area contributed by atoms with Crippen molar-refractivity contribution in [2.24, 2.45) is 0 Å². The predicted octanol–water partition coefficient (Wildman–Crippen LogP) is 3.08. The normalized spacial score (nSPS) is 10.5. The molecule has 2 aromatic carbocycles. The molecule has 2 amide bonds. The van der Waals surface area contributed by atoms with Crippen LogP contribution in [0.3, 0.4) is 0 Å². The first-order valence-corrected chi connectivity index (χ1v) is 7.17. The van der Waals surface area contributed by atoms with Crippen LogP contribution in [0.5, 0.6) is 0 Å². The zero-order valence-corrected chi connectivity index (χ0v) is 12.8. The molecule has 3 aromatic rings. The first-order chi connectivity index (χ1) is 11.1. The van der Waals surface area contributed by atoms with Crippen LogP contribution in [0.1, 0.15) is 22.8 Å². The number of nitrogens with one attached hydrogen (secondary N) is 3. The summed E-state index contributed by atoms with van der Waals surface area (Å²) in [6, 6.07) is 10.8. The number of benzene rings is 2. The van der Waals surface area contributed by atoms with E-state index in [2.05, 4.69) is 20.8 Å². The van der Waals surface area contributed by atoms with Gasteiger partial charge in [0.2, 0.25) is 5.91 Å². The molecule has 0 aliphatic rings. The van der Waals surface area contributed by atoms with E-state index in [-0.39, 0.29) is 11.8 Å². The molecule has 0 saturated carbocycles. The van der Waals surface area contributed by atoms with Gasteiger partial charge in [-0.2, -0.15) is 5.10 Å². The van der Waals surface area contributed by atoms with E-state index < -0.39 is 0 Å². The maximum absolute atomic E-state index is 12.6. The first kappa shape index (κ1) is 14.8. The van der Waals surface area contributed by atoms with Crippen molar-refractivity contribution in [2.75, 3.05) is 10.6 Å². The molecule has 0 aliphatic heterocycles. The fourth-order valence-electron chi connectivity index (χ4n) is 2.44. The second kappa shape index (κ2) is 5.92. The van der Waals surface area contributed by atoms with E-state index in [9.17, 15) is 9.59 Å². The number of aromatic amines is 1. The van der Waals surface area contributed by atoms with Crippen molar-refractivity contribution < 1.29 is 9.59 Å². The van der Waals surface area contributed by atoms with Gasteiger partial charge in [0.15, 0.2) is 0 Å². The number of hydrogen-bond acceptors (Lipinski definition) is 3. The molecule has 0 aliphatic carbocycles. The SMILES string of the molecule is CC(=O)Nc1cccc(NC(=O)c2cccc3cn[nH]c23)c1C. The number of carbonyl (C=O) groups is 2. The van der Waals surface area contributed by atoms with Gasteiger partial charge in [-0.05, 0) is 30.7 Å². The molecule has 0 bridgehead atoms. The number of hydrogen-bond donors (Lipinski definition) is 3. The number of carbonyl (C=O) groups excluding carboxylic acids is 2. The van der Waals surface area contributed by atoms with E-state index in [0.29, 0.717) is 22.5 Å². The third-order valence-corrected chi connectivity index (χ3v) is 3.61. The summed E-state index contributed by atoms with van der Waals surface area (Å²) in [4.78, 5) is 23.8. The highest BCUT2D eigenvalue weighted by atomic mass is 16.2. The predicted molar refractivity (Wildman–Crippen MR) is 89.5 cm³/mol. The monoisotopic (exact) mass is 308 g/mol. The summed E-state index contributed by atoms with van der Waals surface area (Å²) in [6.45, 7) is 3.29. The lowest BCUT2D eigenvalue weighted by atomic mass is 10.1. The molecule has 0 unspecified atom stereocenters. The zero-order valence-electron chi connectivity index (χ0n) is 12.8. The smallest absolute Gasteiger partial charge is 0.257 e. The van der Waals surface area contributed by atoms with E-state index in [1.165, 1.54) is 6.92 Å². The standard InChI is InChI=1S/C17H16N4O2/c1-10-14(19-11(2)22)7-4-8-15(10)20-17(23)13-6-3-5-12-9-18-21-16(12)13/h3-9H,1-2H3,(H,18,21)(H,19,22)(H,20,23). The van der Waals surface area contributed by atoms with E-state index in [0.717, 1.165) is 10.9 Å². The third-order valence-electron chi connectivity index (χ3n) is 3.61. The van der Waals surface area contributed by atoms with Crippen LogP contribution in [-0.2, 0) is 4.79 Å². The number of para-hydroxylation sites is 1. The fraction of sp³-hybridized carbons (Fsp3) is 0.118. The number of amides is 2.